The lowest BCUT2D eigenvalue weighted by atomic mass is 9.86. The molecule has 3 nitrogen and oxygen atoms in total. The van der Waals surface area contributed by atoms with E-state index in [-0.39, 0.29) is 17.9 Å². The lowest BCUT2D eigenvalue weighted by Gasteiger charge is -2.37. The van der Waals surface area contributed by atoms with Crippen LogP contribution in [0.1, 0.15) is 44.7 Å². The minimum Gasteiger partial charge on any atom is -0.339 e. The van der Waals surface area contributed by atoms with Crippen LogP contribution in [0.2, 0.25) is 0 Å². The topological polar surface area (TPSA) is 46.3 Å². The minimum atomic E-state index is -0.103. The molecule has 1 aliphatic carbocycles. The van der Waals surface area contributed by atoms with Crippen molar-refractivity contribution in [3.63, 3.8) is 0 Å². The summed E-state index contributed by atoms with van der Waals surface area (Å²) in [5.41, 5.74) is 8.77. The van der Waals surface area contributed by atoms with Gasteiger partial charge in [0.15, 0.2) is 0 Å². The van der Waals surface area contributed by atoms with Gasteiger partial charge >= 0.3 is 0 Å². The van der Waals surface area contributed by atoms with Gasteiger partial charge < -0.3 is 10.6 Å². The molecule has 0 radical (unpaired) electrons. The molecule has 1 aliphatic rings. The van der Waals surface area contributed by atoms with Gasteiger partial charge in [0.2, 0.25) is 5.91 Å². The SMILES string of the molecule is CCCN(C(=O)C(C)C(C)N)C1CCc2ccccc2C1. The molecule has 3 atom stereocenters. The van der Waals surface area contributed by atoms with Crippen molar-refractivity contribution in [3.05, 3.63) is 35.4 Å². The van der Waals surface area contributed by atoms with Crippen LogP contribution in [0.25, 0.3) is 0 Å². The van der Waals surface area contributed by atoms with Crippen LogP contribution in [-0.4, -0.2) is 29.4 Å². The number of amides is 1. The Morgan fingerprint density at radius 1 is 1.33 bits per heavy atom. The Hall–Kier alpha value is -1.35. The van der Waals surface area contributed by atoms with Crippen LogP contribution in [0.4, 0.5) is 0 Å². The molecule has 0 saturated heterocycles. The molecule has 0 aromatic heterocycles. The van der Waals surface area contributed by atoms with E-state index in [0.29, 0.717) is 6.04 Å². The molecule has 0 spiro atoms. The maximum Gasteiger partial charge on any atom is 0.227 e. The predicted molar refractivity (Wildman–Crippen MR) is 87.1 cm³/mol. The third kappa shape index (κ3) is 3.65. The molecule has 0 bridgehead atoms. The molecule has 0 heterocycles. The highest BCUT2D eigenvalue weighted by molar-refractivity contribution is 5.79. The summed E-state index contributed by atoms with van der Waals surface area (Å²) in [4.78, 5) is 14.8. The summed E-state index contributed by atoms with van der Waals surface area (Å²) in [5, 5.41) is 0. The van der Waals surface area contributed by atoms with E-state index in [0.717, 1.165) is 32.2 Å². The van der Waals surface area contributed by atoms with Crippen molar-refractivity contribution < 1.29 is 4.79 Å². The fourth-order valence-electron chi connectivity index (χ4n) is 3.14. The van der Waals surface area contributed by atoms with Crippen LogP contribution in [0.5, 0.6) is 0 Å². The van der Waals surface area contributed by atoms with E-state index in [4.69, 9.17) is 5.73 Å². The third-order valence-electron chi connectivity index (χ3n) is 4.69. The first-order valence-corrected chi connectivity index (χ1v) is 8.17. The zero-order valence-electron chi connectivity index (χ0n) is 13.5. The normalized spacial score (nSPS) is 20.5. The van der Waals surface area contributed by atoms with Gasteiger partial charge in [0.1, 0.15) is 0 Å². The van der Waals surface area contributed by atoms with Crippen LogP contribution < -0.4 is 5.73 Å². The lowest BCUT2D eigenvalue weighted by molar-refractivity contribution is -0.138. The highest BCUT2D eigenvalue weighted by Crippen LogP contribution is 2.26. The summed E-state index contributed by atoms with van der Waals surface area (Å²) in [7, 11) is 0. The molecular formula is C18H28N2O. The number of rotatable bonds is 5. The van der Waals surface area contributed by atoms with Gasteiger partial charge in [-0.2, -0.15) is 0 Å². The second kappa shape index (κ2) is 7.08. The van der Waals surface area contributed by atoms with Gasteiger partial charge in [0.25, 0.3) is 0 Å². The molecule has 21 heavy (non-hydrogen) atoms. The molecule has 2 rings (SSSR count). The van der Waals surface area contributed by atoms with E-state index in [9.17, 15) is 4.79 Å². The summed E-state index contributed by atoms with van der Waals surface area (Å²) in [6, 6.07) is 8.85. The van der Waals surface area contributed by atoms with Crippen molar-refractivity contribution in [2.24, 2.45) is 11.7 Å². The van der Waals surface area contributed by atoms with E-state index in [1.54, 1.807) is 0 Å². The number of nitrogens with zero attached hydrogens (tertiary/aromatic N) is 1. The van der Waals surface area contributed by atoms with Crippen LogP contribution in [0, 0.1) is 5.92 Å². The smallest absolute Gasteiger partial charge is 0.227 e. The Balaban J connectivity index is 2.14. The van der Waals surface area contributed by atoms with E-state index in [1.807, 2.05) is 13.8 Å². The summed E-state index contributed by atoms with van der Waals surface area (Å²) in [6.07, 6.45) is 4.11. The Labute approximate surface area is 128 Å². The van der Waals surface area contributed by atoms with Gasteiger partial charge in [0.05, 0.1) is 5.92 Å². The van der Waals surface area contributed by atoms with Gasteiger partial charge in [0, 0.05) is 18.6 Å². The van der Waals surface area contributed by atoms with Crippen molar-refractivity contribution >= 4 is 5.91 Å². The Bertz CT molecular complexity index is 484. The maximum absolute atomic E-state index is 12.7. The molecule has 3 heteroatoms. The fraction of sp³-hybridized carbons (Fsp3) is 0.611. The first kappa shape index (κ1) is 16.0. The average Bonchev–Trinajstić information content (AvgIpc) is 2.50. The molecule has 0 aliphatic heterocycles. The Kier molecular flexibility index (Phi) is 5.40. The van der Waals surface area contributed by atoms with Gasteiger partial charge in [-0.05, 0) is 43.7 Å². The number of carbonyl (C=O) groups excluding carboxylic acids is 1. The number of fused-ring (bicyclic) bond motifs is 1. The van der Waals surface area contributed by atoms with E-state index >= 15 is 0 Å². The second-order valence-corrected chi connectivity index (χ2v) is 6.34. The minimum absolute atomic E-state index is 0.0901. The first-order valence-electron chi connectivity index (χ1n) is 8.17. The highest BCUT2D eigenvalue weighted by atomic mass is 16.2. The van der Waals surface area contributed by atoms with E-state index in [1.165, 1.54) is 11.1 Å². The number of benzene rings is 1. The molecule has 3 unspecified atom stereocenters. The van der Waals surface area contributed by atoms with Crippen LogP contribution in [0.15, 0.2) is 24.3 Å². The van der Waals surface area contributed by atoms with Crippen molar-refractivity contribution in [1.82, 2.24) is 4.90 Å². The zero-order valence-corrected chi connectivity index (χ0v) is 13.5. The predicted octanol–water partition coefficient (Wildman–Crippen LogP) is 2.77. The Morgan fingerprint density at radius 2 is 2.00 bits per heavy atom. The fourth-order valence-corrected chi connectivity index (χ4v) is 3.14. The van der Waals surface area contributed by atoms with Crippen LogP contribution in [0.3, 0.4) is 0 Å². The molecule has 116 valence electrons. The molecule has 1 aromatic rings. The monoisotopic (exact) mass is 288 g/mol. The van der Waals surface area contributed by atoms with Crippen molar-refractivity contribution in [3.8, 4) is 0 Å². The molecule has 2 N–H and O–H groups in total. The Morgan fingerprint density at radius 3 is 2.62 bits per heavy atom. The average molecular weight is 288 g/mol. The molecule has 0 saturated carbocycles. The van der Waals surface area contributed by atoms with Crippen LogP contribution >= 0.6 is 0 Å². The molecule has 0 fully saturated rings. The van der Waals surface area contributed by atoms with Gasteiger partial charge in [-0.1, -0.05) is 38.1 Å². The highest BCUT2D eigenvalue weighted by Gasteiger charge is 2.30. The number of hydrogen-bond acceptors (Lipinski definition) is 2. The van der Waals surface area contributed by atoms with Crippen LogP contribution in [-0.2, 0) is 17.6 Å². The van der Waals surface area contributed by atoms with Crippen molar-refractivity contribution in [2.75, 3.05) is 6.54 Å². The quantitative estimate of drug-likeness (QED) is 0.905. The van der Waals surface area contributed by atoms with Gasteiger partial charge in [-0.25, -0.2) is 0 Å². The molecule has 1 amide bonds. The number of hydrogen-bond donors (Lipinski definition) is 1. The maximum atomic E-state index is 12.7. The number of nitrogens with two attached hydrogens (primary N) is 1. The first-order chi connectivity index (χ1) is 10.0. The summed E-state index contributed by atoms with van der Waals surface area (Å²) in [5.74, 6) is 0.116. The summed E-state index contributed by atoms with van der Waals surface area (Å²) < 4.78 is 0. The third-order valence-corrected chi connectivity index (χ3v) is 4.69. The summed E-state index contributed by atoms with van der Waals surface area (Å²) in [6.45, 7) is 6.84. The number of aryl methyl sites for hydroxylation is 1. The van der Waals surface area contributed by atoms with Gasteiger partial charge in [-0.15, -0.1) is 0 Å². The zero-order chi connectivity index (χ0) is 15.4. The number of carbonyl (C=O) groups is 1. The largest absolute Gasteiger partial charge is 0.339 e. The molecule has 1 aromatic carbocycles. The van der Waals surface area contributed by atoms with Gasteiger partial charge in [-0.3, -0.25) is 4.79 Å². The summed E-state index contributed by atoms with van der Waals surface area (Å²) >= 11 is 0. The van der Waals surface area contributed by atoms with E-state index < -0.39 is 0 Å². The van der Waals surface area contributed by atoms with Crippen molar-refractivity contribution in [1.29, 1.82) is 0 Å². The van der Waals surface area contributed by atoms with Crippen molar-refractivity contribution in [2.45, 2.75) is 58.5 Å². The lowest BCUT2D eigenvalue weighted by Crippen LogP contribution is -2.49. The second-order valence-electron chi connectivity index (χ2n) is 6.34. The van der Waals surface area contributed by atoms with E-state index in [2.05, 4.69) is 36.1 Å². The molecular weight excluding hydrogens is 260 g/mol. The standard InChI is InChI=1S/C18H28N2O/c1-4-11-20(18(21)13(2)14(3)19)17-10-9-15-7-5-6-8-16(15)12-17/h5-8,13-14,17H,4,9-12,19H2,1-3H3.